The van der Waals surface area contributed by atoms with E-state index in [1.54, 1.807) is 12.1 Å². The van der Waals surface area contributed by atoms with Crippen LogP contribution in [0.25, 0.3) is 0 Å². The van der Waals surface area contributed by atoms with E-state index in [0.29, 0.717) is 11.8 Å². The Hall–Kier alpha value is -1.03. The Bertz CT molecular complexity index is 396. The molecule has 1 aromatic carbocycles. The number of aryl methyl sites for hydroxylation is 1. The summed E-state index contributed by atoms with van der Waals surface area (Å²) >= 11 is 0. The Balaban J connectivity index is 2.01. The van der Waals surface area contributed by atoms with Gasteiger partial charge in [0, 0.05) is 34.0 Å². The van der Waals surface area contributed by atoms with E-state index < -0.39 is 10.8 Å². The molecule has 1 aliphatic rings. The summed E-state index contributed by atoms with van der Waals surface area (Å²) in [5.74, 6) is 1.90. The van der Waals surface area contributed by atoms with Gasteiger partial charge in [0.15, 0.2) is 0 Å². The van der Waals surface area contributed by atoms with E-state index in [0.717, 1.165) is 35.6 Å². The predicted molar refractivity (Wildman–Crippen MR) is 67.4 cm³/mol. The Labute approximate surface area is 98.3 Å². The van der Waals surface area contributed by atoms with Gasteiger partial charge in [0.2, 0.25) is 0 Å². The number of phenols is 1. The van der Waals surface area contributed by atoms with Crippen LogP contribution in [0, 0.1) is 6.92 Å². The quantitative estimate of drug-likeness (QED) is 0.776. The molecule has 2 N–H and O–H groups in total. The SMILES string of the molecule is Cc1cc(O)ccc1NC1CCS(=O)CC1. The average Bonchev–Trinajstić information content (AvgIpc) is 2.25. The van der Waals surface area contributed by atoms with E-state index >= 15 is 0 Å². The molecule has 1 saturated heterocycles. The third kappa shape index (κ3) is 2.76. The van der Waals surface area contributed by atoms with Gasteiger partial charge in [0.05, 0.1) is 0 Å². The van der Waals surface area contributed by atoms with Crippen LogP contribution in [0.2, 0.25) is 0 Å². The van der Waals surface area contributed by atoms with Gasteiger partial charge in [-0.15, -0.1) is 0 Å². The van der Waals surface area contributed by atoms with Gasteiger partial charge in [-0.1, -0.05) is 0 Å². The van der Waals surface area contributed by atoms with Crippen LogP contribution in [0.15, 0.2) is 18.2 Å². The lowest BCUT2D eigenvalue weighted by atomic mass is 10.1. The van der Waals surface area contributed by atoms with Gasteiger partial charge in [-0.05, 0) is 43.5 Å². The molecule has 3 nitrogen and oxygen atoms in total. The van der Waals surface area contributed by atoms with E-state index in [1.165, 1.54) is 0 Å². The van der Waals surface area contributed by atoms with Crippen molar-refractivity contribution < 1.29 is 9.32 Å². The third-order valence-corrected chi connectivity index (χ3v) is 4.34. The minimum atomic E-state index is -0.608. The molecule has 1 aliphatic heterocycles. The summed E-state index contributed by atoms with van der Waals surface area (Å²) in [4.78, 5) is 0. The fourth-order valence-corrected chi connectivity index (χ4v) is 3.27. The fourth-order valence-electron chi connectivity index (χ4n) is 1.97. The average molecular weight is 239 g/mol. The van der Waals surface area contributed by atoms with Crippen molar-refractivity contribution >= 4 is 16.5 Å². The second kappa shape index (κ2) is 4.87. The molecule has 0 unspecified atom stereocenters. The van der Waals surface area contributed by atoms with Crippen molar-refractivity contribution in [2.45, 2.75) is 25.8 Å². The van der Waals surface area contributed by atoms with Gasteiger partial charge in [-0.2, -0.15) is 0 Å². The molecule has 0 saturated carbocycles. The molecule has 1 fully saturated rings. The normalized spacial score (nSPS) is 25.3. The third-order valence-electron chi connectivity index (χ3n) is 2.96. The second-order valence-electron chi connectivity index (χ2n) is 4.27. The van der Waals surface area contributed by atoms with Gasteiger partial charge in [0.1, 0.15) is 5.75 Å². The number of phenolic OH excluding ortho intramolecular Hbond substituents is 1. The van der Waals surface area contributed by atoms with E-state index in [1.807, 2.05) is 13.0 Å². The van der Waals surface area contributed by atoms with Crippen LogP contribution in [-0.2, 0) is 10.8 Å². The van der Waals surface area contributed by atoms with E-state index in [2.05, 4.69) is 5.32 Å². The van der Waals surface area contributed by atoms with Crippen molar-refractivity contribution in [2.75, 3.05) is 16.8 Å². The minimum absolute atomic E-state index is 0.299. The first-order chi connectivity index (χ1) is 7.65. The summed E-state index contributed by atoms with van der Waals surface area (Å²) in [5, 5.41) is 12.8. The largest absolute Gasteiger partial charge is 0.508 e. The van der Waals surface area contributed by atoms with Gasteiger partial charge in [0.25, 0.3) is 0 Å². The van der Waals surface area contributed by atoms with Gasteiger partial charge in [-0.3, -0.25) is 4.21 Å². The molecule has 0 aromatic heterocycles. The maximum absolute atomic E-state index is 11.2. The lowest BCUT2D eigenvalue weighted by molar-refractivity contribution is 0.475. The maximum atomic E-state index is 11.2. The number of anilines is 1. The van der Waals surface area contributed by atoms with Crippen LogP contribution < -0.4 is 5.32 Å². The molecule has 2 rings (SSSR count). The van der Waals surface area contributed by atoms with Crippen LogP contribution in [-0.4, -0.2) is 26.9 Å². The maximum Gasteiger partial charge on any atom is 0.115 e. The molecular formula is C12H17NO2S. The van der Waals surface area contributed by atoms with Crippen molar-refractivity contribution in [1.29, 1.82) is 0 Å². The number of benzene rings is 1. The molecule has 16 heavy (non-hydrogen) atoms. The topological polar surface area (TPSA) is 49.3 Å². The Kier molecular flexibility index (Phi) is 3.49. The van der Waals surface area contributed by atoms with Crippen LogP contribution >= 0.6 is 0 Å². The standard InChI is InChI=1S/C12H17NO2S/c1-9-8-11(14)2-3-12(9)13-10-4-6-16(15)7-5-10/h2-3,8,10,13-14H,4-7H2,1H3. The number of aromatic hydroxyl groups is 1. The minimum Gasteiger partial charge on any atom is -0.508 e. The summed E-state index contributed by atoms with van der Waals surface area (Å²) in [7, 11) is -0.608. The van der Waals surface area contributed by atoms with Crippen molar-refractivity contribution in [2.24, 2.45) is 0 Å². The number of hydrogen-bond acceptors (Lipinski definition) is 3. The first-order valence-corrected chi connectivity index (χ1v) is 7.05. The molecule has 0 aliphatic carbocycles. The van der Waals surface area contributed by atoms with Gasteiger partial charge >= 0.3 is 0 Å². The molecule has 0 bridgehead atoms. The zero-order valence-electron chi connectivity index (χ0n) is 9.40. The molecule has 4 heteroatoms. The van der Waals surface area contributed by atoms with Crippen molar-refractivity contribution in [1.82, 2.24) is 0 Å². The Morgan fingerprint density at radius 3 is 2.69 bits per heavy atom. The Morgan fingerprint density at radius 1 is 1.38 bits per heavy atom. The predicted octanol–water partition coefficient (Wildman–Crippen LogP) is 2.02. The zero-order valence-corrected chi connectivity index (χ0v) is 10.2. The van der Waals surface area contributed by atoms with Crippen LogP contribution in [0.4, 0.5) is 5.69 Å². The van der Waals surface area contributed by atoms with E-state index in [9.17, 15) is 9.32 Å². The van der Waals surface area contributed by atoms with Gasteiger partial charge < -0.3 is 10.4 Å². The highest BCUT2D eigenvalue weighted by Crippen LogP contribution is 2.23. The molecule has 0 amide bonds. The van der Waals surface area contributed by atoms with Crippen molar-refractivity contribution in [3.05, 3.63) is 23.8 Å². The smallest absolute Gasteiger partial charge is 0.115 e. The van der Waals surface area contributed by atoms with Crippen LogP contribution in [0.3, 0.4) is 0 Å². The Morgan fingerprint density at radius 2 is 2.06 bits per heavy atom. The highest BCUT2D eigenvalue weighted by atomic mass is 32.2. The summed E-state index contributed by atoms with van der Waals surface area (Å²) in [6, 6.07) is 5.76. The highest BCUT2D eigenvalue weighted by molar-refractivity contribution is 7.85. The summed E-state index contributed by atoms with van der Waals surface area (Å²) < 4.78 is 11.2. The molecule has 0 spiro atoms. The lowest BCUT2D eigenvalue weighted by Gasteiger charge is -2.24. The molecule has 0 atom stereocenters. The van der Waals surface area contributed by atoms with Crippen molar-refractivity contribution in [3.8, 4) is 5.75 Å². The summed E-state index contributed by atoms with van der Waals surface area (Å²) in [6.45, 7) is 1.98. The fraction of sp³-hybridized carbons (Fsp3) is 0.500. The summed E-state index contributed by atoms with van der Waals surface area (Å²) in [5.41, 5.74) is 2.11. The van der Waals surface area contributed by atoms with Gasteiger partial charge in [-0.25, -0.2) is 0 Å². The lowest BCUT2D eigenvalue weighted by Crippen LogP contribution is -2.29. The van der Waals surface area contributed by atoms with Crippen LogP contribution in [0.1, 0.15) is 18.4 Å². The molecule has 1 aromatic rings. The molecule has 1 heterocycles. The van der Waals surface area contributed by atoms with E-state index in [4.69, 9.17) is 0 Å². The number of rotatable bonds is 2. The molecule has 0 radical (unpaired) electrons. The first kappa shape index (κ1) is 11.5. The molecular weight excluding hydrogens is 222 g/mol. The van der Waals surface area contributed by atoms with Crippen LogP contribution in [0.5, 0.6) is 5.75 Å². The zero-order chi connectivity index (χ0) is 11.5. The number of nitrogens with one attached hydrogen (secondary N) is 1. The number of hydrogen-bond donors (Lipinski definition) is 2. The molecule has 88 valence electrons. The second-order valence-corrected chi connectivity index (χ2v) is 5.96. The van der Waals surface area contributed by atoms with E-state index in [-0.39, 0.29) is 0 Å². The van der Waals surface area contributed by atoms with Crippen molar-refractivity contribution in [3.63, 3.8) is 0 Å². The monoisotopic (exact) mass is 239 g/mol. The summed E-state index contributed by atoms with van der Waals surface area (Å²) in [6.07, 6.45) is 1.93. The highest BCUT2D eigenvalue weighted by Gasteiger charge is 2.17. The first-order valence-electron chi connectivity index (χ1n) is 5.56.